The summed E-state index contributed by atoms with van der Waals surface area (Å²) in [6, 6.07) is 4.22. The fourth-order valence-corrected chi connectivity index (χ4v) is 2.08. The van der Waals surface area contributed by atoms with Crippen LogP contribution in [0.5, 0.6) is 0 Å². The van der Waals surface area contributed by atoms with Gasteiger partial charge in [0.05, 0.1) is 11.4 Å². The van der Waals surface area contributed by atoms with Crippen molar-refractivity contribution in [2.45, 2.75) is 4.90 Å². The summed E-state index contributed by atoms with van der Waals surface area (Å²) in [6.07, 6.45) is -1.26. The molecule has 0 aliphatic carbocycles. The highest BCUT2D eigenvalue weighted by Crippen LogP contribution is 2.25. The van der Waals surface area contributed by atoms with Crippen LogP contribution in [0.2, 0.25) is 0 Å². The van der Waals surface area contributed by atoms with Gasteiger partial charge >= 0.3 is 6.08 Å². The van der Waals surface area contributed by atoms with E-state index in [9.17, 15) is 17.2 Å². The van der Waals surface area contributed by atoms with Crippen LogP contribution in [0.1, 0.15) is 0 Å². The Balaban J connectivity index is 2.56. The summed E-state index contributed by atoms with van der Waals surface area (Å²) in [5, 5.41) is 0. The van der Waals surface area contributed by atoms with E-state index in [2.05, 4.69) is 9.97 Å². The largest absolute Gasteiger partial charge is 0.398 e. The van der Waals surface area contributed by atoms with Gasteiger partial charge in [-0.25, -0.2) is 4.98 Å². The second-order valence-electron chi connectivity index (χ2n) is 3.57. The molecule has 0 aliphatic heterocycles. The van der Waals surface area contributed by atoms with E-state index < -0.39 is 27.0 Å². The van der Waals surface area contributed by atoms with E-state index in [4.69, 9.17) is 10.3 Å². The molecule has 0 spiro atoms. The van der Waals surface area contributed by atoms with Gasteiger partial charge in [-0.2, -0.15) is 22.2 Å². The predicted molar refractivity (Wildman–Crippen MR) is 61.6 cm³/mol. The Morgan fingerprint density at radius 1 is 1.16 bits per heavy atom. The van der Waals surface area contributed by atoms with Crippen molar-refractivity contribution in [3.05, 3.63) is 36.3 Å². The van der Waals surface area contributed by atoms with E-state index in [0.29, 0.717) is 0 Å². The van der Waals surface area contributed by atoms with Crippen molar-refractivity contribution in [1.29, 1.82) is 0 Å². The molecule has 0 bridgehead atoms. The minimum Gasteiger partial charge on any atom is -0.398 e. The van der Waals surface area contributed by atoms with E-state index in [1.54, 1.807) is 0 Å². The van der Waals surface area contributed by atoms with E-state index in [1.807, 2.05) is 0 Å². The van der Waals surface area contributed by atoms with Crippen molar-refractivity contribution in [3.63, 3.8) is 0 Å². The lowest BCUT2D eigenvalue weighted by Gasteiger charge is -2.05. The van der Waals surface area contributed by atoms with Crippen molar-refractivity contribution >= 4 is 15.8 Å². The Hall–Kier alpha value is -2.13. The van der Waals surface area contributed by atoms with E-state index in [-0.39, 0.29) is 16.9 Å². The zero-order chi connectivity index (χ0) is 14.2. The Bertz CT molecular complexity index is 729. The minimum absolute atomic E-state index is 0.0985. The summed E-state index contributed by atoms with van der Waals surface area (Å²) in [7, 11) is -4.45. The number of anilines is 1. The topological polar surface area (TPSA) is 106 Å². The second-order valence-corrected chi connectivity index (χ2v) is 4.96. The molecular weight excluding hydrogens is 280 g/mol. The number of nitrogens with two attached hydrogens (primary N) is 1. The highest BCUT2D eigenvalue weighted by atomic mass is 32.2. The molecule has 6 nitrogen and oxygen atoms in total. The normalized spacial score (nSPS) is 11.5. The lowest BCUT2D eigenvalue weighted by molar-refractivity contribution is 0.482. The molecule has 2 rings (SSSR count). The van der Waals surface area contributed by atoms with E-state index in [1.165, 1.54) is 6.07 Å². The van der Waals surface area contributed by atoms with Crippen LogP contribution in [0.3, 0.4) is 0 Å². The van der Waals surface area contributed by atoms with Gasteiger partial charge < -0.3 is 5.73 Å². The van der Waals surface area contributed by atoms with Crippen LogP contribution < -0.4 is 5.73 Å². The predicted octanol–water partition coefficient (Wildman–Crippen LogP) is 1.25. The van der Waals surface area contributed by atoms with Crippen molar-refractivity contribution in [2.75, 3.05) is 5.73 Å². The molecule has 2 aromatic rings. The molecule has 100 valence electrons. The molecule has 0 fully saturated rings. The molecule has 0 atom stereocenters. The van der Waals surface area contributed by atoms with Gasteiger partial charge in [0.1, 0.15) is 4.90 Å². The standard InChI is InChI=1S/C10H7F2N3O3S/c11-9-4-7(14-10(12)15-9)5-1-2-8(6(13)3-5)19(16,17)18/h1-4H,13H2,(H,16,17,18). The smallest absolute Gasteiger partial charge is 0.311 e. The van der Waals surface area contributed by atoms with Crippen LogP contribution in [-0.2, 0) is 10.1 Å². The number of rotatable bonds is 2. The van der Waals surface area contributed by atoms with Gasteiger partial charge in [-0.05, 0) is 12.1 Å². The van der Waals surface area contributed by atoms with Crippen molar-refractivity contribution in [2.24, 2.45) is 0 Å². The number of hydrogen-bond acceptors (Lipinski definition) is 5. The molecule has 0 unspecified atom stereocenters. The highest BCUT2D eigenvalue weighted by Gasteiger charge is 2.15. The zero-order valence-corrected chi connectivity index (χ0v) is 10.0. The maximum absolute atomic E-state index is 12.9. The van der Waals surface area contributed by atoms with Gasteiger partial charge in [0.25, 0.3) is 10.1 Å². The van der Waals surface area contributed by atoms with Crippen LogP contribution in [0.25, 0.3) is 11.3 Å². The van der Waals surface area contributed by atoms with Gasteiger partial charge in [-0.1, -0.05) is 6.07 Å². The quantitative estimate of drug-likeness (QED) is 0.372. The van der Waals surface area contributed by atoms with Crippen LogP contribution in [-0.4, -0.2) is 22.9 Å². The first-order valence-electron chi connectivity index (χ1n) is 4.85. The van der Waals surface area contributed by atoms with E-state index >= 15 is 0 Å². The number of nitrogens with zero attached hydrogens (tertiary/aromatic N) is 2. The lowest BCUT2D eigenvalue weighted by Crippen LogP contribution is -2.03. The van der Waals surface area contributed by atoms with Crippen LogP contribution in [0.15, 0.2) is 29.2 Å². The molecule has 1 aromatic carbocycles. The summed E-state index contributed by atoms with van der Waals surface area (Å²) in [5.74, 6) is -1.07. The lowest BCUT2D eigenvalue weighted by atomic mass is 10.1. The van der Waals surface area contributed by atoms with E-state index in [0.717, 1.165) is 18.2 Å². The molecule has 0 saturated carbocycles. The van der Waals surface area contributed by atoms with Gasteiger partial charge in [0, 0.05) is 11.6 Å². The fourth-order valence-electron chi connectivity index (χ4n) is 1.48. The summed E-state index contributed by atoms with van der Waals surface area (Å²) in [6.45, 7) is 0. The molecule has 0 radical (unpaired) electrons. The monoisotopic (exact) mass is 287 g/mol. The molecule has 3 N–H and O–H groups in total. The van der Waals surface area contributed by atoms with Gasteiger partial charge in [0.15, 0.2) is 0 Å². The van der Waals surface area contributed by atoms with Gasteiger partial charge in [-0.15, -0.1) is 0 Å². The summed E-state index contributed by atoms with van der Waals surface area (Å²) in [5.41, 5.74) is 5.27. The minimum atomic E-state index is -4.45. The van der Waals surface area contributed by atoms with Gasteiger partial charge in [-0.3, -0.25) is 4.55 Å². The van der Waals surface area contributed by atoms with Crippen molar-refractivity contribution in [3.8, 4) is 11.3 Å². The third-order valence-corrected chi connectivity index (χ3v) is 3.18. The van der Waals surface area contributed by atoms with Gasteiger partial charge in [0.2, 0.25) is 5.95 Å². The van der Waals surface area contributed by atoms with Crippen LogP contribution >= 0.6 is 0 Å². The highest BCUT2D eigenvalue weighted by molar-refractivity contribution is 7.86. The van der Waals surface area contributed by atoms with Crippen molar-refractivity contribution in [1.82, 2.24) is 9.97 Å². The number of halogens is 2. The average molecular weight is 287 g/mol. The number of aromatic nitrogens is 2. The van der Waals surface area contributed by atoms with Crippen molar-refractivity contribution < 1.29 is 21.8 Å². The molecule has 19 heavy (non-hydrogen) atoms. The molecule has 1 aromatic heterocycles. The molecule has 0 aliphatic rings. The molecule has 1 heterocycles. The number of nitrogen functional groups attached to an aromatic ring is 1. The first-order chi connectivity index (χ1) is 8.77. The SMILES string of the molecule is Nc1cc(-c2cc(F)nc(F)n2)ccc1S(=O)(=O)O. The Morgan fingerprint density at radius 3 is 2.37 bits per heavy atom. The summed E-state index contributed by atoms with van der Waals surface area (Å²) < 4.78 is 56.5. The molecule has 0 amide bonds. The number of benzene rings is 1. The van der Waals surface area contributed by atoms with Crippen LogP contribution in [0, 0.1) is 12.0 Å². The maximum atomic E-state index is 12.9. The second kappa shape index (κ2) is 4.52. The Morgan fingerprint density at radius 2 is 1.84 bits per heavy atom. The zero-order valence-electron chi connectivity index (χ0n) is 9.21. The Labute approximate surface area is 106 Å². The molecule has 9 heteroatoms. The Kier molecular flexibility index (Phi) is 3.16. The summed E-state index contributed by atoms with van der Waals surface area (Å²) >= 11 is 0. The third-order valence-electron chi connectivity index (χ3n) is 2.25. The third kappa shape index (κ3) is 2.83. The molecule has 0 saturated heterocycles. The maximum Gasteiger partial charge on any atom is 0.311 e. The van der Waals surface area contributed by atoms with Crippen LogP contribution in [0.4, 0.5) is 14.5 Å². The first kappa shape index (κ1) is 13.3. The molecular formula is C10H7F2N3O3S. The number of hydrogen-bond donors (Lipinski definition) is 2. The summed E-state index contributed by atoms with van der Waals surface area (Å²) in [4.78, 5) is 5.69. The first-order valence-corrected chi connectivity index (χ1v) is 6.29. The fraction of sp³-hybridized carbons (Fsp3) is 0. The average Bonchev–Trinajstić information content (AvgIpc) is 2.25.